The average Bonchev–Trinajstić information content (AvgIpc) is 2.67. The Kier molecular flexibility index (Phi) is 6.13. The van der Waals surface area contributed by atoms with E-state index >= 15 is 0 Å². The molecule has 0 aliphatic carbocycles. The van der Waals surface area contributed by atoms with Crippen LogP contribution >= 0.6 is 12.2 Å². The molecule has 29 heavy (non-hydrogen) atoms. The molecule has 1 saturated heterocycles. The van der Waals surface area contributed by atoms with E-state index in [1.165, 1.54) is 17.6 Å². The Morgan fingerprint density at radius 2 is 2.17 bits per heavy atom. The van der Waals surface area contributed by atoms with Crippen LogP contribution in [0, 0.1) is 0 Å². The number of hydrogen-bond acceptors (Lipinski definition) is 8. The lowest BCUT2D eigenvalue weighted by Crippen LogP contribution is -2.54. The van der Waals surface area contributed by atoms with Crippen LogP contribution in [0.1, 0.15) is 20.3 Å². The number of thiocarbonyl (C=S) groups is 1. The first-order valence-corrected chi connectivity index (χ1v) is 9.61. The predicted octanol–water partition coefficient (Wildman–Crippen LogP) is 1.31. The van der Waals surface area contributed by atoms with Crippen LogP contribution in [0.3, 0.4) is 0 Å². The minimum atomic E-state index is -4.51. The molecule has 1 aromatic heterocycles. The molecular formula is C17H23F3N6O2S. The number of nitrogens with zero attached hydrogens (tertiary/aromatic N) is 5. The van der Waals surface area contributed by atoms with Gasteiger partial charge in [0.2, 0.25) is 5.95 Å². The van der Waals surface area contributed by atoms with Gasteiger partial charge in [-0.05, 0) is 20.3 Å². The lowest BCUT2D eigenvalue weighted by molar-refractivity contribution is -0.152. The van der Waals surface area contributed by atoms with Crippen LogP contribution < -0.4 is 21.2 Å². The van der Waals surface area contributed by atoms with Gasteiger partial charge in [-0.1, -0.05) is 12.2 Å². The van der Waals surface area contributed by atoms with Gasteiger partial charge < -0.3 is 20.4 Å². The molecule has 0 amide bonds. The van der Waals surface area contributed by atoms with Crippen LogP contribution in [-0.4, -0.2) is 64.7 Å². The van der Waals surface area contributed by atoms with Gasteiger partial charge in [0, 0.05) is 19.2 Å². The molecule has 3 heterocycles. The number of ether oxygens (including phenoxy) is 1. The first-order chi connectivity index (χ1) is 13.6. The number of nitrogens with two attached hydrogens (primary N) is 1. The fraction of sp³-hybridized carbons (Fsp3) is 0.647. The molecule has 0 spiro atoms. The number of halogens is 3. The van der Waals surface area contributed by atoms with Crippen molar-refractivity contribution in [1.29, 1.82) is 0 Å². The van der Waals surface area contributed by atoms with Crippen molar-refractivity contribution in [3.63, 3.8) is 0 Å². The zero-order valence-corrected chi connectivity index (χ0v) is 17.0. The zero-order valence-electron chi connectivity index (χ0n) is 16.1. The SMILES string of the molecule is CC(=NN)C(=S)CN1c2nc(N3CCOC[C@H]3C)cc(=O)n2CC[C@H]1C(F)(F)F. The Balaban J connectivity index is 2.07. The molecule has 2 aliphatic rings. The smallest absolute Gasteiger partial charge is 0.377 e. The molecule has 0 radical (unpaired) electrons. The highest BCUT2D eigenvalue weighted by Gasteiger charge is 2.47. The molecule has 0 saturated carbocycles. The van der Waals surface area contributed by atoms with Crippen LogP contribution in [0.5, 0.6) is 0 Å². The van der Waals surface area contributed by atoms with Crippen LogP contribution in [0.4, 0.5) is 24.9 Å². The van der Waals surface area contributed by atoms with Gasteiger partial charge in [0.1, 0.15) is 11.9 Å². The van der Waals surface area contributed by atoms with E-state index < -0.39 is 17.8 Å². The summed E-state index contributed by atoms with van der Waals surface area (Å²) in [4.78, 5) is 20.2. The molecule has 2 N–H and O–H groups in total. The Morgan fingerprint density at radius 3 is 2.79 bits per heavy atom. The maximum absolute atomic E-state index is 13.8. The average molecular weight is 432 g/mol. The van der Waals surface area contributed by atoms with E-state index in [1.54, 1.807) is 0 Å². The number of hydrazone groups is 1. The summed E-state index contributed by atoms with van der Waals surface area (Å²) in [5, 5.41) is 3.47. The summed E-state index contributed by atoms with van der Waals surface area (Å²) in [5.41, 5.74) is -0.136. The molecular weight excluding hydrogens is 409 g/mol. The van der Waals surface area contributed by atoms with Gasteiger partial charge in [0.25, 0.3) is 5.56 Å². The molecule has 0 unspecified atom stereocenters. The molecule has 0 bridgehead atoms. The van der Waals surface area contributed by atoms with E-state index in [0.717, 1.165) is 4.90 Å². The number of morpholine rings is 1. The summed E-state index contributed by atoms with van der Waals surface area (Å²) in [6.07, 6.45) is -4.78. The number of anilines is 2. The second kappa shape index (κ2) is 8.27. The van der Waals surface area contributed by atoms with Crippen molar-refractivity contribution in [1.82, 2.24) is 9.55 Å². The van der Waals surface area contributed by atoms with Gasteiger partial charge in [0.05, 0.1) is 36.4 Å². The largest absolute Gasteiger partial charge is 0.408 e. The lowest BCUT2D eigenvalue weighted by atomic mass is 10.1. The Hall–Kier alpha value is -2.21. The van der Waals surface area contributed by atoms with Crippen LogP contribution in [-0.2, 0) is 11.3 Å². The van der Waals surface area contributed by atoms with Crippen molar-refractivity contribution in [3.05, 3.63) is 16.4 Å². The van der Waals surface area contributed by atoms with Gasteiger partial charge in [-0.2, -0.15) is 23.3 Å². The molecule has 2 atom stereocenters. The Labute approximate surface area is 171 Å². The number of rotatable bonds is 4. The Morgan fingerprint density at radius 1 is 1.45 bits per heavy atom. The highest BCUT2D eigenvalue weighted by molar-refractivity contribution is 7.82. The predicted molar refractivity (Wildman–Crippen MR) is 108 cm³/mol. The van der Waals surface area contributed by atoms with E-state index in [0.29, 0.717) is 25.6 Å². The van der Waals surface area contributed by atoms with Gasteiger partial charge in [-0.3, -0.25) is 9.36 Å². The first-order valence-electron chi connectivity index (χ1n) is 9.20. The van der Waals surface area contributed by atoms with E-state index in [1.807, 2.05) is 11.8 Å². The number of alkyl halides is 3. The third-order valence-corrected chi connectivity index (χ3v) is 5.61. The van der Waals surface area contributed by atoms with Gasteiger partial charge in [-0.25, -0.2) is 0 Å². The van der Waals surface area contributed by atoms with Crippen molar-refractivity contribution in [2.45, 2.75) is 45.1 Å². The first kappa shape index (κ1) is 21.5. The molecule has 3 rings (SSSR count). The van der Waals surface area contributed by atoms with Crippen molar-refractivity contribution in [2.75, 3.05) is 36.1 Å². The third kappa shape index (κ3) is 4.37. The maximum atomic E-state index is 13.8. The maximum Gasteiger partial charge on any atom is 0.408 e. The standard InChI is InChI=1S/C17H23F3N6O2S/c1-10-9-28-6-5-24(10)14-7-15(27)25-4-3-13(17(18,19)20)26(16(25)22-14)8-12(29)11(2)23-21/h7,10,13H,3-6,8-9,21H2,1-2H3/t10-,13+/m1/s1. The summed E-state index contributed by atoms with van der Waals surface area (Å²) >= 11 is 5.21. The molecule has 160 valence electrons. The van der Waals surface area contributed by atoms with Crippen LogP contribution in [0.25, 0.3) is 0 Å². The summed E-state index contributed by atoms with van der Waals surface area (Å²) < 4.78 is 47.9. The molecule has 8 nitrogen and oxygen atoms in total. The van der Waals surface area contributed by atoms with Gasteiger partial charge >= 0.3 is 6.18 Å². The fourth-order valence-electron chi connectivity index (χ4n) is 3.54. The van der Waals surface area contributed by atoms with Gasteiger partial charge in [-0.15, -0.1) is 0 Å². The highest BCUT2D eigenvalue weighted by Crippen LogP contribution is 2.34. The van der Waals surface area contributed by atoms with Crippen molar-refractivity contribution >= 4 is 34.6 Å². The second-order valence-electron chi connectivity index (χ2n) is 7.13. The summed E-state index contributed by atoms with van der Waals surface area (Å²) in [6, 6.07) is -0.500. The number of hydrogen-bond donors (Lipinski definition) is 1. The number of fused-ring (bicyclic) bond motifs is 1. The molecule has 0 aromatic carbocycles. The highest BCUT2D eigenvalue weighted by atomic mass is 32.1. The number of aromatic nitrogens is 2. The fourth-order valence-corrected chi connectivity index (χ4v) is 3.73. The van der Waals surface area contributed by atoms with Crippen molar-refractivity contribution < 1.29 is 17.9 Å². The quantitative estimate of drug-likeness (QED) is 0.332. The van der Waals surface area contributed by atoms with E-state index in [4.69, 9.17) is 22.8 Å². The summed E-state index contributed by atoms with van der Waals surface area (Å²) in [7, 11) is 0. The monoisotopic (exact) mass is 432 g/mol. The second-order valence-corrected chi connectivity index (χ2v) is 7.63. The summed E-state index contributed by atoms with van der Waals surface area (Å²) in [6.45, 7) is 4.50. The third-order valence-electron chi connectivity index (χ3n) is 5.18. The normalized spacial score (nSPS) is 23.1. The van der Waals surface area contributed by atoms with Crippen molar-refractivity contribution in [2.24, 2.45) is 10.9 Å². The molecule has 1 fully saturated rings. The lowest BCUT2D eigenvalue weighted by Gasteiger charge is -2.40. The molecule has 2 aliphatic heterocycles. The van der Waals surface area contributed by atoms with E-state index in [-0.39, 0.29) is 42.1 Å². The topological polar surface area (TPSA) is 89.0 Å². The van der Waals surface area contributed by atoms with Crippen LogP contribution in [0.2, 0.25) is 0 Å². The summed E-state index contributed by atoms with van der Waals surface area (Å²) in [5.74, 6) is 5.51. The minimum absolute atomic E-state index is 0.0491. The van der Waals surface area contributed by atoms with Crippen LogP contribution in [0.15, 0.2) is 16.0 Å². The Bertz CT molecular complexity index is 872. The zero-order chi connectivity index (χ0) is 21.3. The minimum Gasteiger partial charge on any atom is -0.377 e. The van der Waals surface area contributed by atoms with Crippen molar-refractivity contribution in [3.8, 4) is 0 Å². The van der Waals surface area contributed by atoms with Gasteiger partial charge in [0.15, 0.2) is 0 Å². The molecule has 12 heteroatoms. The van der Waals surface area contributed by atoms with E-state index in [9.17, 15) is 18.0 Å². The molecule has 1 aromatic rings. The van der Waals surface area contributed by atoms with E-state index in [2.05, 4.69) is 10.1 Å².